The predicted molar refractivity (Wildman–Crippen MR) is 122 cm³/mol. The second kappa shape index (κ2) is 8.28. The lowest BCUT2D eigenvalue weighted by Crippen LogP contribution is -2.34. The highest BCUT2D eigenvalue weighted by molar-refractivity contribution is 8.26. The van der Waals surface area contributed by atoms with Gasteiger partial charge in [-0.05, 0) is 43.4 Å². The Hall–Kier alpha value is -2.19. The van der Waals surface area contributed by atoms with Crippen molar-refractivity contribution in [2.24, 2.45) is 5.92 Å². The van der Waals surface area contributed by atoms with Crippen LogP contribution in [0.3, 0.4) is 0 Å². The average molecular weight is 429 g/mol. The summed E-state index contributed by atoms with van der Waals surface area (Å²) in [6, 6.07) is 5.52. The van der Waals surface area contributed by atoms with Gasteiger partial charge in [-0.3, -0.25) is 18.9 Å². The number of rotatable bonds is 4. The topological polar surface area (TPSA) is 57.9 Å². The smallest absolute Gasteiger partial charge is 0.267 e. The number of piperidine rings is 1. The molecule has 0 atom stereocenters. The summed E-state index contributed by atoms with van der Waals surface area (Å²) in [6.07, 6.45) is 6.74. The molecule has 0 aliphatic carbocycles. The van der Waals surface area contributed by atoms with E-state index in [4.69, 9.17) is 17.2 Å². The van der Waals surface area contributed by atoms with Gasteiger partial charge in [-0.1, -0.05) is 43.9 Å². The lowest BCUT2D eigenvalue weighted by molar-refractivity contribution is -0.122. The molecule has 2 saturated heterocycles. The first-order chi connectivity index (χ1) is 14.0. The second-order valence-corrected chi connectivity index (χ2v) is 9.49. The van der Waals surface area contributed by atoms with Crippen LogP contribution in [-0.4, -0.2) is 44.1 Å². The normalized spacial score (nSPS) is 19.2. The number of carbonyl (C=O) groups excluding carboxylic acids is 1. The molecule has 152 valence electrons. The maximum Gasteiger partial charge on any atom is 0.267 e. The Kier molecular flexibility index (Phi) is 5.74. The van der Waals surface area contributed by atoms with E-state index in [2.05, 4.69) is 18.7 Å². The minimum absolute atomic E-state index is 0.129. The summed E-state index contributed by atoms with van der Waals surface area (Å²) in [7, 11) is 0. The second-order valence-electron chi connectivity index (χ2n) is 7.82. The first-order valence-corrected chi connectivity index (χ1v) is 11.2. The van der Waals surface area contributed by atoms with Crippen molar-refractivity contribution in [3.05, 3.63) is 45.2 Å². The van der Waals surface area contributed by atoms with Crippen molar-refractivity contribution >= 4 is 51.7 Å². The molecular weight excluding hydrogens is 404 g/mol. The Morgan fingerprint density at radius 2 is 1.97 bits per heavy atom. The van der Waals surface area contributed by atoms with E-state index in [0.29, 0.717) is 38.7 Å². The Labute approximate surface area is 179 Å². The summed E-state index contributed by atoms with van der Waals surface area (Å²) >= 11 is 6.68. The van der Waals surface area contributed by atoms with Crippen LogP contribution in [-0.2, 0) is 4.79 Å². The number of anilines is 1. The van der Waals surface area contributed by atoms with E-state index in [-0.39, 0.29) is 11.5 Å². The zero-order valence-electron chi connectivity index (χ0n) is 16.6. The third kappa shape index (κ3) is 3.96. The van der Waals surface area contributed by atoms with Gasteiger partial charge in [-0.25, -0.2) is 4.98 Å². The molecule has 2 aromatic rings. The zero-order valence-corrected chi connectivity index (χ0v) is 18.3. The fraction of sp³-hybridized carbons (Fsp3) is 0.429. The lowest BCUT2D eigenvalue weighted by atomic mass is 10.1. The summed E-state index contributed by atoms with van der Waals surface area (Å²) in [5, 5.41) is 0. The van der Waals surface area contributed by atoms with Crippen molar-refractivity contribution in [3.8, 4) is 0 Å². The summed E-state index contributed by atoms with van der Waals surface area (Å²) in [5.74, 6) is 0.847. The minimum atomic E-state index is -0.162. The molecule has 4 rings (SSSR count). The van der Waals surface area contributed by atoms with Gasteiger partial charge >= 0.3 is 0 Å². The van der Waals surface area contributed by atoms with Gasteiger partial charge in [0.15, 0.2) is 0 Å². The lowest BCUT2D eigenvalue weighted by Gasteiger charge is -2.29. The number of carbonyl (C=O) groups is 1. The van der Waals surface area contributed by atoms with Gasteiger partial charge in [0.1, 0.15) is 15.8 Å². The number of aromatic nitrogens is 2. The molecule has 2 aliphatic rings. The third-order valence-corrected chi connectivity index (χ3v) is 6.48. The molecule has 0 N–H and O–H groups in total. The van der Waals surface area contributed by atoms with Crippen LogP contribution in [0.25, 0.3) is 11.7 Å². The van der Waals surface area contributed by atoms with E-state index in [0.717, 1.165) is 25.9 Å². The van der Waals surface area contributed by atoms with Crippen LogP contribution >= 0.6 is 24.0 Å². The van der Waals surface area contributed by atoms with Crippen molar-refractivity contribution in [3.63, 3.8) is 0 Å². The van der Waals surface area contributed by atoms with Crippen molar-refractivity contribution in [2.75, 3.05) is 24.5 Å². The monoisotopic (exact) mass is 428 g/mol. The van der Waals surface area contributed by atoms with Crippen LogP contribution in [0.5, 0.6) is 0 Å². The molecular formula is C21H24N4O2S2. The highest BCUT2D eigenvalue weighted by Crippen LogP contribution is 2.34. The van der Waals surface area contributed by atoms with Crippen molar-refractivity contribution < 1.29 is 4.79 Å². The number of nitrogens with zero attached hydrogens (tertiary/aromatic N) is 4. The number of hydrogen-bond acceptors (Lipinski definition) is 6. The largest absolute Gasteiger partial charge is 0.356 e. The third-order valence-electron chi connectivity index (χ3n) is 5.10. The fourth-order valence-electron chi connectivity index (χ4n) is 3.72. The van der Waals surface area contributed by atoms with Gasteiger partial charge < -0.3 is 4.90 Å². The summed E-state index contributed by atoms with van der Waals surface area (Å²) in [4.78, 5) is 35.3. The highest BCUT2D eigenvalue weighted by Gasteiger charge is 2.33. The van der Waals surface area contributed by atoms with E-state index in [1.54, 1.807) is 17.2 Å². The molecule has 2 aromatic heterocycles. The van der Waals surface area contributed by atoms with Gasteiger partial charge in [-0.15, -0.1) is 0 Å². The average Bonchev–Trinajstić information content (AvgIpc) is 2.97. The van der Waals surface area contributed by atoms with Crippen LogP contribution in [0.2, 0.25) is 0 Å². The Balaban J connectivity index is 1.83. The van der Waals surface area contributed by atoms with Crippen LogP contribution < -0.4 is 10.5 Å². The first kappa shape index (κ1) is 20.1. The standard InChI is InChI=1S/C21H24N4O2S2/c1-14(2)13-25-20(27)16(29-21(25)28)12-15-18(23-9-5-3-6-10-23)22-17-8-4-7-11-24(17)19(15)26/h4,7-8,11-12,14H,3,5-6,9-10,13H2,1-2H3/b16-12-. The van der Waals surface area contributed by atoms with E-state index in [9.17, 15) is 9.59 Å². The van der Waals surface area contributed by atoms with Crippen LogP contribution in [0.1, 0.15) is 38.7 Å². The maximum atomic E-state index is 13.3. The van der Waals surface area contributed by atoms with Crippen molar-refractivity contribution in [2.45, 2.75) is 33.1 Å². The molecule has 0 aromatic carbocycles. The quantitative estimate of drug-likeness (QED) is 0.548. The number of fused-ring (bicyclic) bond motifs is 1. The van der Waals surface area contributed by atoms with E-state index < -0.39 is 0 Å². The first-order valence-electron chi connectivity index (χ1n) is 9.97. The number of amides is 1. The van der Waals surface area contributed by atoms with Gasteiger partial charge in [0.05, 0.1) is 10.5 Å². The number of thiocarbonyl (C=S) groups is 1. The molecule has 0 spiro atoms. The van der Waals surface area contributed by atoms with Crippen LogP contribution in [0.4, 0.5) is 5.82 Å². The van der Waals surface area contributed by atoms with Crippen molar-refractivity contribution in [1.82, 2.24) is 14.3 Å². The maximum absolute atomic E-state index is 13.3. The molecule has 0 unspecified atom stereocenters. The van der Waals surface area contributed by atoms with E-state index in [1.165, 1.54) is 22.6 Å². The molecule has 8 heteroatoms. The van der Waals surface area contributed by atoms with Gasteiger partial charge in [0, 0.05) is 25.8 Å². The van der Waals surface area contributed by atoms with E-state index >= 15 is 0 Å². The van der Waals surface area contributed by atoms with Crippen LogP contribution in [0.15, 0.2) is 34.1 Å². The zero-order chi connectivity index (χ0) is 20.5. The summed E-state index contributed by atoms with van der Waals surface area (Å²) in [6.45, 7) is 6.41. The molecule has 4 heterocycles. The SMILES string of the molecule is CC(C)CN1C(=O)/C(=C/c2c(N3CCCCC3)nc3ccccn3c2=O)SC1=S. The summed E-state index contributed by atoms with van der Waals surface area (Å²) < 4.78 is 2.08. The molecule has 1 amide bonds. The van der Waals surface area contributed by atoms with Gasteiger partial charge in [-0.2, -0.15) is 0 Å². The summed E-state index contributed by atoms with van der Waals surface area (Å²) in [5.41, 5.74) is 0.911. The van der Waals surface area contributed by atoms with E-state index in [1.807, 2.05) is 18.2 Å². The fourth-order valence-corrected chi connectivity index (χ4v) is 4.97. The molecule has 0 bridgehead atoms. The molecule has 6 nitrogen and oxygen atoms in total. The number of pyridine rings is 1. The van der Waals surface area contributed by atoms with Crippen LogP contribution in [0, 0.1) is 5.92 Å². The highest BCUT2D eigenvalue weighted by atomic mass is 32.2. The molecule has 29 heavy (non-hydrogen) atoms. The minimum Gasteiger partial charge on any atom is -0.356 e. The van der Waals surface area contributed by atoms with Crippen molar-refractivity contribution in [1.29, 1.82) is 0 Å². The van der Waals surface area contributed by atoms with Gasteiger partial charge in [0.2, 0.25) is 0 Å². The molecule has 2 fully saturated rings. The number of thioether (sulfide) groups is 1. The Morgan fingerprint density at radius 3 is 2.69 bits per heavy atom. The molecule has 2 aliphatic heterocycles. The van der Waals surface area contributed by atoms with Gasteiger partial charge in [0.25, 0.3) is 11.5 Å². The predicted octanol–water partition coefficient (Wildman–Crippen LogP) is 3.54. The Morgan fingerprint density at radius 1 is 1.21 bits per heavy atom. The Bertz CT molecular complexity index is 1050. The molecule has 0 saturated carbocycles. The number of hydrogen-bond donors (Lipinski definition) is 0. The molecule has 0 radical (unpaired) electrons.